The van der Waals surface area contributed by atoms with Gasteiger partial charge in [0.05, 0.1) is 6.61 Å². The molecule has 19 heavy (non-hydrogen) atoms. The molecule has 0 saturated heterocycles. The summed E-state index contributed by atoms with van der Waals surface area (Å²) >= 11 is 0. The Morgan fingerprint density at radius 3 is 2.74 bits per heavy atom. The molecule has 0 spiro atoms. The van der Waals surface area contributed by atoms with E-state index in [1.54, 1.807) is 7.11 Å². The number of carbonyl (C=O) groups is 1. The molecule has 0 fully saturated rings. The number of hydrogen-bond donors (Lipinski definition) is 2. The van der Waals surface area contributed by atoms with E-state index in [9.17, 15) is 4.79 Å². The van der Waals surface area contributed by atoms with Crippen LogP contribution in [0.15, 0.2) is 18.2 Å². The average Bonchev–Trinajstić information content (AvgIpc) is 2.37. The fourth-order valence-corrected chi connectivity index (χ4v) is 1.45. The number of aromatic carboxylic acids is 1. The van der Waals surface area contributed by atoms with Crippen LogP contribution in [0.25, 0.3) is 0 Å². The summed E-state index contributed by atoms with van der Waals surface area (Å²) in [4.78, 5) is 11.0. The number of carboxylic acid groups (broad SMARTS) is 1. The van der Waals surface area contributed by atoms with Gasteiger partial charge in [0.1, 0.15) is 17.9 Å². The smallest absolute Gasteiger partial charge is 0.339 e. The Morgan fingerprint density at radius 2 is 2.05 bits per heavy atom. The van der Waals surface area contributed by atoms with Crippen LogP contribution in [0.1, 0.15) is 16.8 Å². The molecule has 0 aliphatic heterocycles. The van der Waals surface area contributed by atoms with Gasteiger partial charge in [-0.25, -0.2) is 4.79 Å². The summed E-state index contributed by atoms with van der Waals surface area (Å²) in [6, 6.07) is 4.44. The van der Waals surface area contributed by atoms with Crippen molar-refractivity contribution in [3.63, 3.8) is 0 Å². The topological polar surface area (TPSA) is 91.0 Å². The summed E-state index contributed by atoms with van der Waals surface area (Å²) in [5.41, 5.74) is 6.15. The van der Waals surface area contributed by atoms with Crippen LogP contribution in [-0.2, 0) is 9.47 Å². The van der Waals surface area contributed by atoms with Gasteiger partial charge in [-0.05, 0) is 18.6 Å². The van der Waals surface area contributed by atoms with E-state index in [0.29, 0.717) is 25.5 Å². The van der Waals surface area contributed by atoms with Crippen LogP contribution in [0.2, 0.25) is 0 Å². The van der Waals surface area contributed by atoms with Crippen molar-refractivity contribution in [1.29, 1.82) is 0 Å². The van der Waals surface area contributed by atoms with Crippen LogP contribution in [0.3, 0.4) is 0 Å². The zero-order valence-electron chi connectivity index (χ0n) is 10.9. The molecule has 6 heteroatoms. The van der Waals surface area contributed by atoms with E-state index in [-0.39, 0.29) is 17.9 Å². The highest BCUT2D eigenvalue weighted by molar-refractivity contribution is 5.91. The third kappa shape index (κ3) is 5.58. The molecule has 1 aromatic rings. The molecule has 3 N–H and O–H groups in total. The molecule has 0 heterocycles. The molecule has 6 nitrogen and oxygen atoms in total. The minimum absolute atomic E-state index is 0.0913. The zero-order valence-corrected chi connectivity index (χ0v) is 10.9. The number of nitrogen functional groups attached to an aromatic ring is 1. The highest BCUT2D eigenvalue weighted by Gasteiger charge is 2.11. The molecule has 0 radical (unpaired) electrons. The minimum atomic E-state index is -1.05. The van der Waals surface area contributed by atoms with Gasteiger partial charge in [0.25, 0.3) is 0 Å². The number of ether oxygens (including phenoxy) is 3. The van der Waals surface area contributed by atoms with Crippen molar-refractivity contribution in [2.45, 2.75) is 6.42 Å². The standard InChI is InChI=1S/C13H19NO5/c1-17-5-2-6-18-7-8-19-12-9-10(14)3-4-11(12)13(15)16/h3-4,9H,2,5-8,14H2,1H3,(H,15,16). The second-order valence-electron chi connectivity index (χ2n) is 3.87. The van der Waals surface area contributed by atoms with Crippen molar-refractivity contribution in [3.05, 3.63) is 23.8 Å². The Balaban J connectivity index is 2.36. The van der Waals surface area contributed by atoms with Crippen LogP contribution in [0.5, 0.6) is 5.75 Å². The van der Waals surface area contributed by atoms with Gasteiger partial charge < -0.3 is 25.1 Å². The van der Waals surface area contributed by atoms with Crippen molar-refractivity contribution < 1.29 is 24.1 Å². The number of methoxy groups -OCH3 is 1. The Labute approximate surface area is 112 Å². The van der Waals surface area contributed by atoms with E-state index in [0.717, 1.165) is 6.42 Å². The summed E-state index contributed by atoms with van der Waals surface area (Å²) in [6.07, 6.45) is 0.815. The highest BCUT2D eigenvalue weighted by Crippen LogP contribution is 2.21. The second kappa shape index (κ2) is 8.34. The van der Waals surface area contributed by atoms with Crippen molar-refractivity contribution in [3.8, 4) is 5.75 Å². The van der Waals surface area contributed by atoms with E-state index in [2.05, 4.69) is 0 Å². The Hall–Kier alpha value is -1.79. The molecule has 0 aliphatic rings. The molecule has 0 saturated carbocycles. The first-order valence-corrected chi connectivity index (χ1v) is 5.97. The van der Waals surface area contributed by atoms with Crippen LogP contribution in [0, 0.1) is 0 Å². The van der Waals surface area contributed by atoms with Crippen LogP contribution in [0.4, 0.5) is 5.69 Å². The van der Waals surface area contributed by atoms with Gasteiger partial charge in [-0.3, -0.25) is 0 Å². The van der Waals surface area contributed by atoms with Crippen LogP contribution < -0.4 is 10.5 Å². The predicted octanol–water partition coefficient (Wildman–Crippen LogP) is 1.40. The fraction of sp³-hybridized carbons (Fsp3) is 0.462. The molecule has 0 aromatic heterocycles. The van der Waals surface area contributed by atoms with Crippen molar-refractivity contribution in [2.75, 3.05) is 39.3 Å². The zero-order chi connectivity index (χ0) is 14.1. The lowest BCUT2D eigenvalue weighted by Crippen LogP contribution is -2.11. The number of rotatable bonds is 9. The van der Waals surface area contributed by atoms with Crippen molar-refractivity contribution >= 4 is 11.7 Å². The number of hydrogen-bond acceptors (Lipinski definition) is 5. The molecule has 0 amide bonds. The largest absolute Gasteiger partial charge is 0.490 e. The Morgan fingerprint density at radius 1 is 1.26 bits per heavy atom. The lowest BCUT2D eigenvalue weighted by molar-refractivity contribution is 0.0677. The molecule has 0 atom stereocenters. The fourth-order valence-electron chi connectivity index (χ4n) is 1.45. The van der Waals surface area contributed by atoms with Gasteiger partial charge in [0.2, 0.25) is 0 Å². The summed E-state index contributed by atoms with van der Waals surface area (Å²) in [7, 11) is 1.64. The average molecular weight is 269 g/mol. The van der Waals surface area contributed by atoms with E-state index in [1.807, 2.05) is 0 Å². The van der Waals surface area contributed by atoms with Gasteiger partial charge >= 0.3 is 5.97 Å². The Bertz CT molecular complexity index is 408. The molecule has 106 valence electrons. The molecule has 1 rings (SSSR count). The summed E-state index contributed by atoms with van der Waals surface area (Å²) < 4.78 is 15.6. The van der Waals surface area contributed by atoms with Gasteiger partial charge in [0, 0.05) is 32.1 Å². The SMILES string of the molecule is COCCCOCCOc1cc(N)ccc1C(=O)O. The van der Waals surface area contributed by atoms with Crippen LogP contribution >= 0.6 is 0 Å². The molecule has 0 aliphatic carbocycles. The molecular weight excluding hydrogens is 250 g/mol. The first-order chi connectivity index (χ1) is 9.15. The minimum Gasteiger partial charge on any atom is -0.490 e. The van der Waals surface area contributed by atoms with Gasteiger partial charge in [-0.15, -0.1) is 0 Å². The molecule has 0 bridgehead atoms. The number of carboxylic acids is 1. The van der Waals surface area contributed by atoms with E-state index in [1.165, 1.54) is 18.2 Å². The lowest BCUT2D eigenvalue weighted by Gasteiger charge is -2.10. The monoisotopic (exact) mass is 269 g/mol. The van der Waals surface area contributed by atoms with Crippen molar-refractivity contribution in [1.82, 2.24) is 0 Å². The van der Waals surface area contributed by atoms with Gasteiger partial charge in [-0.2, -0.15) is 0 Å². The van der Waals surface area contributed by atoms with Crippen LogP contribution in [-0.4, -0.2) is 44.6 Å². The molecular formula is C13H19NO5. The normalized spacial score (nSPS) is 10.4. The predicted molar refractivity (Wildman–Crippen MR) is 70.6 cm³/mol. The lowest BCUT2D eigenvalue weighted by atomic mass is 10.2. The first kappa shape index (κ1) is 15.3. The second-order valence-corrected chi connectivity index (χ2v) is 3.87. The van der Waals surface area contributed by atoms with E-state index in [4.69, 9.17) is 25.1 Å². The quantitative estimate of drug-likeness (QED) is 0.520. The summed E-state index contributed by atoms with van der Waals surface area (Å²) in [5, 5.41) is 8.99. The third-order valence-corrected chi connectivity index (χ3v) is 2.36. The Kier molecular flexibility index (Phi) is 6.70. The number of nitrogens with two attached hydrogens (primary N) is 1. The van der Waals surface area contributed by atoms with Gasteiger partial charge in [0.15, 0.2) is 0 Å². The maximum atomic E-state index is 11.0. The first-order valence-electron chi connectivity index (χ1n) is 5.97. The van der Waals surface area contributed by atoms with Gasteiger partial charge in [-0.1, -0.05) is 0 Å². The van der Waals surface area contributed by atoms with Crippen molar-refractivity contribution in [2.24, 2.45) is 0 Å². The summed E-state index contributed by atoms with van der Waals surface area (Å²) in [5.74, 6) is -0.788. The number of anilines is 1. The number of benzene rings is 1. The maximum Gasteiger partial charge on any atom is 0.339 e. The molecule has 0 unspecified atom stereocenters. The van der Waals surface area contributed by atoms with E-state index >= 15 is 0 Å². The highest BCUT2D eigenvalue weighted by atomic mass is 16.5. The van der Waals surface area contributed by atoms with E-state index < -0.39 is 5.97 Å². The molecule has 1 aromatic carbocycles. The maximum absolute atomic E-state index is 11.0. The third-order valence-electron chi connectivity index (χ3n) is 2.36. The summed E-state index contributed by atoms with van der Waals surface area (Å²) in [6.45, 7) is 1.90.